The highest BCUT2D eigenvalue weighted by Crippen LogP contribution is 2.24. The van der Waals surface area contributed by atoms with Crippen LogP contribution in [0.1, 0.15) is 0 Å². The second kappa shape index (κ2) is 4.24. The zero-order valence-electron chi connectivity index (χ0n) is 10.3. The van der Waals surface area contributed by atoms with Gasteiger partial charge in [-0.15, -0.1) is 0 Å². The summed E-state index contributed by atoms with van der Waals surface area (Å²) >= 11 is 0. The molecular weight excluding hydrogens is 245 g/mol. The summed E-state index contributed by atoms with van der Waals surface area (Å²) in [4.78, 5) is 0. The first-order valence-corrected chi connectivity index (χ1v) is 5.74. The summed E-state index contributed by atoms with van der Waals surface area (Å²) in [6.07, 6.45) is 3.39. The number of benzene rings is 1. The molecule has 0 bridgehead atoms. The normalized spacial score (nSPS) is 10.8. The number of anilines is 1. The van der Waals surface area contributed by atoms with E-state index in [1.807, 2.05) is 13.1 Å². The van der Waals surface area contributed by atoms with E-state index in [-0.39, 0.29) is 5.82 Å². The van der Waals surface area contributed by atoms with E-state index in [0.29, 0.717) is 11.4 Å². The van der Waals surface area contributed by atoms with Gasteiger partial charge in [-0.05, 0) is 30.3 Å². The van der Waals surface area contributed by atoms with Crippen LogP contribution in [-0.2, 0) is 7.05 Å². The predicted octanol–water partition coefficient (Wildman–Crippen LogP) is 1.99. The van der Waals surface area contributed by atoms with Crippen molar-refractivity contribution in [2.24, 2.45) is 7.05 Å². The van der Waals surface area contributed by atoms with Gasteiger partial charge in [-0.3, -0.25) is 4.68 Å². The third kappa shape index (κ3) is 1.97. The third-order valence-corrected chi connectivity index (χ3v) is 2.90. The highest BCUT2D eigenvalue weighted by Gasteiger charge is 2.12. The zero-order chi connectivity index (χ0) is 13.4. The molecule has 96 valence electrons. The van der Waals surface area contributed by atoms with Crippen LogP contribution in [0.5, 0.6) is 0 Å². The topological polar surface area (TPSA) is 61.7 Å². The van der Waals surface area contributed by atoms with Crippen LogP contribution in [0.3, 0.4) is 0 Å². The van der Waals surface area contributed by atoms with Crippen molar-refractivity contribution in [2.45, 2.75) is 0 Å². The molecule has 0 spiro atoms. The van der Waals surface area contributed by atoms with Gasteiger partial charge in [-0.25, -0.2) is 9.07 Å². The van der Waals surface area contributed by atoms with E-state index in [1.165, 1.54) is 12.1 Å². The largest absolute Gasteiger partial charge is 0.396 e. The molecule has 5 nitrogen and oxygen atoms in total. The molecule has 0 fully saturated rings. The Labute approximate surface area is 109 Å². The summed E-state index contributed by atoms with van der Waals surface area (Å²) in [7, 11) is 1.83. The number of hydrogen-bond donors (Lipinski definition) is 1. The monoisotopic (exact) mass is 257 g/mol. The summed E-state index contributed by atoms with van der Waals surface area (Å²) in [5.41, 5.74) is 8.76. The number of nitrogen functional groups attached to an aromatic ring is 1. The van der Waals surface area contributed by atoms with E-state index in [9.17, 15) is 4.39 Å². The van der Waals surface area contributed by atoms with Crippen LogP contribution < -0.4 is 5.73 Å². The van der Waals surface area contributed by atoms with Crippen LogP contribution in [0.2, 0.25) is 0 Å². The molecule has 1 aromatic carbocycles. The van der Waals surface area contributed by atoms with Crippen LogP contribution in [0.25, 0.3) is 17.1 Å². The molecule has 2 N–H and O–H groups in total. The lowest BCUT2D eigenvalue weighted by Gasteiger charge is -2.00. The lowest BCUT2D eigenvalue weighted by molar-refractivity contribution is 0.627. The Morgan fingerprint density at radius 1 is 1.16 bits per heavy atom. The first kappa shape index (κ1) is 11.5. The molecule has 0 aliphatic rings. The Morgan fingerprint density at radius 2 is 1.89 bits per heavy atom. The van der Waals surface area contributed by atoms with Crippen molar-refractivity contribution in [1.29, 1.82) is 0 Å². The van der Waals surface area contributed by atoms with Gasteiger partial charge in [0.1, 0.15) is 11.5 Å². The number of aromatic nitrogens is 4. The molecule has 2 aromatic heterocycles. The van der Waals surface area contributed by atoms with Crippen molar-refractivity contribution in [1.82, 2.24) is 19.6 Å². The van der Waals surface area contributed by atoms with Gasteiger partial charge in [0.25, 0.3) is 0 Å². The number of hydrogen-bond acceptors (Lipinski definition) is 3. The highest BCUT2D eigenvalue weighted by molar-refractivity contribution is 5.69. The molecule has 0 saturated carbocycles. The molecule has 0 radical (unpaired) electrons. The van der Waals surface area contributed by atoms with Crippen LogP contribution in [0.15, 0.2) is 42.7 Å². The van der Waals surface area contributed by atoms with Gasteiger partial charge in [0.2, 0.25) is 0 Å². The second-order valence-electron chi connectivity index (χ2n) is 4.19. The van der Waals surface area contributed by atoms with Crippen molar-refractivity contribution in [3.8, 4) is 17.1 Å². The Hall–Kier alpha value is -2.63. The van der Waals surface area contributed by atoms with E-state index in [4.69, 9.17) is 5.73 Å². The number of nitrogens with zero attached hydrogens (tertiary/aromatic N) is 4. The minimum absolute atomic E-state index is 0.282. The van der Waals surface area contributed by atoms with Gasteiger partial charge in [-0.2, -0.15) is 10.2 Å². The Kier molecular flexibility index (Phi) is 2.56. The Balaban J connectivity index is 2.07. The Morgan fingerprint density at radius 3 is 2.53 bits per heavy atom. The average Bonchev–Trinajstić information content (AvgIpc) is 2.96. The van der Waals surface area contributed by atoms with Crippen molar-refractivity contribution in [3.63, 3.8) is 0 Å². The van der Waals surface area contributed by atoms with E-state index < -0.39 is 0 Å². The molecule has 2 heterocycles. The minimum Gasteiger partial charge on any atom is -0.396 e. The van der Waals surface area contributed by atoms with Gasteiger partial charge in [0.05, 0.1) is 23.3 Å². The third-order valence-electron chi connectivity index (χ3n) is 2.90. The first-order chi connectivity index (χ1) is 9.15. The first-order valence-electron chi connectivity index (χ1n) is 5.74. The quantitative estimate of drug-likeness (QED) is 0.763. The summed E-state index contributed by atoms with van der Waals surface area (Å²) in [5, 5.41) is 8.51. The molecule has 0 unspecified atom stereocenters. The van der Waals surface area contributed by atoms with Gasteiger partial charge in [-0.1, -0.05) is 0 Å². The summed E-state index contributed by atoms with van der Waals surface area (Å²) < 4.78 is 16.2. The fourth-order valence-corrected chi connectivity index (χ4v) is 1.92. The van der Waals surface area contributed by atoms with Crippen LogP contribution in [-0.4, -0.2) is 19.6 Å². The fourth-order valence-electron chi connectivity index (χ4n) is 1.92. The maximum Gasteiger partial charge on any atom is 0.134 e. The van der Waals surface area contributed by atoms with Crippen molar-refractivity contribution < 1.29 is 4.39 Å². The average molecular weight is 257 g/mol. The SMILES string of the molecule is Cn1nccc1-c1nn(-c2ccc(F)cc2)cc1N. The van der Waals surface area contributed by atoms with Crippen molar-refractivity contribution >= 4 is 5.69 Å². The molecule has 0 atom stereocenters. The summed E-state index contributed by atoms with van der Waals surface area (Å²) in [6.45, 7) is 0. The number of nitrogens with two attached hydrogens (primary N) is 1. The minimum atomic E-state index is -0.282. The highest BCUT2D eigenvalue weighted by atomic mass is 19.1. The van der Waals surface area contributed by atoms with Crippen molar-refractivity contribution in [2.75, 3.05) is 5.73 Å². The van der Waals surface area contributed by atoms with Crippen molar-refractivity contribution in [3.05, 3.63) is 48.5 Å². The molecule has 0 aliphatic heterocycles. The number of aryl methyl sites for hydroxylation is 1. The Bertz CT molecular complexity index is 711. The lowest BCUT2D eigenvalue weighted by Crippen LogP contribution is -1.98. The van der Waals surface area contributed by atoms with E-state index in [0.717, 1.165) is 11.4 Å². The van der Waals surface area contributed by atoms with E-state index in [2.05, 4.69) is 10.2 Å². The maximum atomic E-state index is 12.9. The molecule has 3 aromatic rings. The molecule has 0 amide bonds. The summed E-state index contributed by atoms with van der Waals surface area (Å²) in [6, 6.07) is 7.91. The van der Waals surface area contributed by atoms with Crippen LogP contribution in [0.4, 0.5) is 10.1 Å². The molecule has 6 heteroatoms. The number of rotatable bonds is 2. The maximum absolute atomic E-state index is 12.9. The molecule has 19 heavy (non-hydrogen) atoms. The second-order valence-corrected chi connectivity index (χ2v) is 4.19. The van der Waals surface area contributed by atoms with E-state index in [1.54, 1.807) is 33.9 Å². The van der Waals surface area contributed by atoms with Gasteiger partial charge >= 0.3 is 0 Å². The summed E-state index contributed by atoms with van der Waals surface area (Å²) in [5.74, 6) is -0.282. The fraction of sp³-hybridized carbons (Fsp3) is 0.0769. The van der Waals surface area contributed by atoms with Gasteiger partial charge in [0, 0.05) is 13.2 Å². The molecule has 3 rings (SSSR count). The van der Waals surface area contributed by atoms with Gasteiger partial charge < -0.3 is 5.73 Å². The standard InChI is InChI=1S/C13H12FN5/c1-18-12(6-7-16-18)13-11(15)8-19(17-13)10-4-2-9(14)3-5-10/h2-8H,15H2,1H3. The number of halogens is 1. The zero-order valence-corrected chi connectivity index (χ0v) is 10.3. The van der Waals surface area contributed by atoms with Gasteiger partial charge in [0.15, 0.2) is 0 Å². The van der Waals surface area contributed by atoms with Crippen LogP contribution >= 0.6 is 0 Å². The molecule has 0 saturated heterocycles. The molecule has 0 aliphatic carbocycles. The lowest BCUT2D eigenvalue weighted by atomic mass is 10.3. The smallest absolute Gasteiger partial charge is 0.134 e. The predicted molar refractivity (Wildman–Crippen MR) is 70.1 cm³/mol. The molecular formula is C13H12FN5. The van der Waals surface area contributed by atoms with E-state index >= 15 is 0 Å². The van der Waals surface area contributed by atoms with Crippen LogP contribution in [0, 0.1) is 5.82 Å².